The van der Waals surface area contributed by atoms with Crippen molar-refractivity contribution in [3.8, 4) is 0 Å². The van der Waals surface area contributed by atoms with E-state index < -0.39 is 12.6 Å². The van der Waals surface area contributed by atoms with Gasteiger partial charge in [0.05, 0.1) is 6.42 Å². The lowest BCUT2D eigenvalue weighted by atomic mass is 9.94. The number of hydrogen-bond donors (Lipinski definition) is 2. The molecule has 1 aliphatic carbocycles. The molecule has 0 amide bonds. The molecule has 0 heterocycles. The molecule has 0 aromatic carbocycles. The number of guanidine groups is 1. The van der Waals surface area contributed by atoms with Gasteiger partial charge in [-0.25, -0.2) is 0 Å². The number of nitrogens with one attached hydrogen (secondary N) is 2. The van der Waals surface area contributed by atoms with Crippen LogP contribution in [0.3, 0.4) is 0 Å². The molecular weight excluding hydrogens is 281 g/mol. The molecule has 4 nitrogen and oxygen atoms in total. The highest BCUT2D eigenvalue weighted by atomic mass is 19.4. The first-order valence-corrected chi connectivity index (χ1v) is 7.64. The number of likely N-dealkylation sites (N-methyl/N-ethyl adjacent to an activating group) is 1. The van der Waals surface area contributed by atoms with Gasteiger partial charge < -0.3 is 15.5 Å². The summed E-state index contributed by atoms with van der Waals surface area (Å²) >= 11 is 0. The molecule has 21 heavy (non-hydrogen) atoms. The van der Waals surface area contributed by atoms with Gasteiger partial charge in [0, 0.05) is 32.7 Å². The van der Waals surface area contributed by atoms with E-state index in [2.05, 4.69) is 27.6 Å². The fourth-order valence-electron chi connectivity index (χ4n) is 2.60. The molecular formula is C14H27F3N4. The van der Waals surface area contributed by atoms with Crippen molar-refractivity contribution in [1.29, 1.82) is 0 Å². The Morgan fingerprint density at radius 3 is 2.33 bits per heavy atom. The zero-order chi connectivity index (χ0) is 15.7. The normalized spacial score (nSPS) is 18.1. The monoisotopic (exact) mass is 308 g/mol. The summed E-state index contributed by atoms with van der Waals surface area (Å²) in [5.41, 5.74) is 0. The van der Waals surface area contributed by atoms with Gasteiger partial charge in [-0.2, -0.15) is 13.2 Å². The second-order valence-electron chi connectivity index (χ2n) is 5.56. The predicted octanol–water partition coefficient (Wildman–Crippen LogP) is 2.37. The molecule has 0 spiro atoms. The second-order valence-corrected chi connectivity index (χ2v) is 5.56. The standard InChI is InChI=1S/C14H27F3N4/c1-18-13(19-9-8-14(15,16)17)20-10-11-21(2)12-6-4-3-5-7-12/h12H,3-11H2,1-2H3,(H2,18,19,20). The van der Waals surface area contributed by atoms with Crippen molar-refractivity contribution in [3.63, 3.8) is 0 Å². The van der Waals surface area contributed by atoms with Gasteiger partial charge in [-0.3, -0.25) is 4.99 Å². The van der Waals surface area contributed by atoms with Crippen LogP contribution in [0.1, 0.15) is 38.5 Å². The molecule has 2 N–H and O–H groups in total. The summed E-state index contributed by atoms with van der Waals surface area (Å²) in [6.45, 7) is 1.39. The maximum absolute atomic E-state index is 12.1. The molecule has 1 rings (SSSR count). The third-order valence-corrected chi connectivity index (χ3v) is 3.88. The first-order chi connectivity index (χ1) is 9.92. The van der Waals surface area contributed by atoms with Crippen LogP contribution in [0.5, 0.6) is 0 Å². The van der Waals surface area contributed by atoms with E-state index in [1.165, 1.54) is 32.1 Å². The SMILES string of the molecule is CN=C(NCCN(C)C1CCCCC1)NCCC(F)(F)F. The fourth-order valence-corrected chi connectivity index (χ4v) is 2.60. The number of nitrogens with zero attached hydrogens (tertiary/aromatic N) is 2. The van der Waals surface area contributed by atoms with Gasteiger partial charge >= 0.3 is 6.18 Å². The minimum absolute atomic E-state index is 0.151. The summed E-state index contributed by atoms with van der Waals surface area (Å²) in [5.74, 6) is 0.427. The molecule has 0 saturated heterocycles. The van der Waals surface area contributed by atoms with Crippen molar-refractivity contribution in [3.05, 3.63) is 0 Å². The fraction of sp³-hybridized carbons (Fsp3) is 0.929. The summed E-state index contributed by atoms with van der Waals surface area (Å²) < 4.78 is 36.2. The summed E-state index contributed by atoms with van der Waals surface area (Å²) in [6.07, 6.45) is 1.43. The Kier molecular flexibility index (Phi) is 7.85. The average Bonchev–Trinajstić information content (AvgIpc) is 2.45. The van der Waals surface area contributed by atoms with Crippen molar-refractivity contribution < 1.29 is 13.2 Å². The van der Waals surface area contributed by atoms with E-state index >= 15 is 0 Å². The number of rotatable bonds is 6. The minimum atomic E-state index is -4.13. The van der Waals surface area contributed by atoms with Crippen LogP contribution in [0.15, 0.2) is 4.99 Å². The number of halogens is 3. The van der Waals surface area contributed by atoms with Gasteiger partial charge in [-0.1, -0.05) is 19.3 Å². The first kappa shape index (κ1) is 18.1. The van der Waals surface area contributed by atoms with E-state index in [-0.39, 0.29) is 6.54 Å². The topological polar surface area (TPSA) is 39.7 Å². The highest BCUT2D eigenvalue weighted by molar-refractivity contribution is 5.79. The smallest absolute Gasteiger partial charge is 0.356 e. The quantitative estimate of drug-likeness (QED) is 0.584. The highest BCUT2D eigenvalue weighted by Crippen LogP contribution is 2.21. The van der Waals surface area contributed by atoms with Crippen molar-refractivity contribution in [2.75, 3.05) is 33.7 Å². The van der Waals surface area contributed by atoms with Gasteiger partial charge in [-0.15, -0.1) is 0 Å². The van der Waals surface area contributed by atoms with Gasteiger partial charge in [0.1, 0.15) is 0 Å². The Morgan fingerprint density at radius 2 is 1.76 bits per heavy atom. The number of alkyl halides is 3. The zero-order valence-electron chi connectivity index (χ0n) is 13.0. The van der Waals surface area contributed by atoms with Crippen LogP contribution >= 0.6 is 0 Å². The summed E-state index contributed by atoms with van der Waals surface area (Å²) in [4.78, 5) is 6.25. The van der Waals surface area contributed by atoms with Gasteiger partial charge in [-0.05, 0) is 19.9 Å². The van der Waals surface area contributed by atoms with Gasteiger partial charge in [0.15, 0.2) is 5.96 Å². The predicted molar refractivity (Wildman–Crippen MR) is 79.5 cm³/mol. The van der Waals surface area contributed by atoms with Crippen LogP contribution in [0.25, 0.3) is 0 Å². The van der Waals surface area contributed by atoms with Gasteiger partial charge in [0.2, 0.25) is 0 Å². The van der Waals surface area contributed by atoms with Crippen molar-refractivity contribution in [2.45, 2.75) is 50.7 Å². The number of hydrogen-bond acceptors (Lipinski definition) is 2. The Hall–Kier alpha value is -0.980. The molecule has 1 aliphatic rings. The molecule has 0 radical (unpaired) electrons. The average molecular weight is 308 g/mol. The van der Waals surface area contributed by atoms with Crippen LogP contribution in [0.4, 0.5) is 13.2 Å². The lowest BCUT2D eigenvalue weighted by Crippen LogP contribution is -2.44. The van der Waals surface area contributed by atoms with Crippen LogP contribution in [-0.4, -0.2) is 56.8 Å². The number of aliphatic imine (C=N–C) groups is 1. The summed E-state index contributed by atoms with van der Waals surface area (Å²) in [6, 6.07) is 0.640. The maximum atomic E-state index is 12.1. The van der Waals surface area contributed by atoms with Crippen LogP contribution in [0.2, 0.25) is 0 Å². The Balaban J connectivity index is 2.16. The molecule has 1 fully saturated rings. The molecule has 0 atom stereocenters. The van der Waals surface area contributed by atoms with Crippen LogP contribution in [-0.2, 0) is 0 Å². The maximum Gasteiger partial charge on any atom is 0.390 e. The molecule has 0 bridgehead atoms. The molecule has 0 aliphatic heterocycles. The molecule has 0 aromatic heterocycles. The van der Waals surface area contributed by atoms with E-state index in [4.69, 9.17) is 0 Å². The van der Waals surface area contributed by atoms with Crippen molar-refractivity contribution in [1.82, 2.24) is 15.5 Å². The van der Waals surface area contributed by atoms with Crippen molar-refractivity contribution >= 4 is 5.96 Å². The molecule has 0 unspecified atom stereocenters. The largest absolute Gasteiger partial charge is 0.390 e. The molecule has 0 aromatic rings. The van der Waals surface area contributed by atoms with E-state index in [1.54, 1.807) is 7.05 Å². The Bertz CT molecular complexity index is 312. The summed E-state index contributed by atoms with van der Waals surface area (Å²) in [5, 5.41) is 5.74. The third kappa shape index (κ3) is 8.14. The zero-order valence-corrected chi connectivity index (χ0v) is 13.0. The van der Waals surface area contributed by atoms with Crippen LogP contribution < -0.4 is 10.6 Å². The third-order valence-electron chi connectivity index (χ3n) is 3.88. The first-order valence-electron chi connectivity index (χ1n) is 7.64. The van der Waals surface area contributed by atoms with E-state index in [1.807, 2.05) is 0 Å². The molecule has 124 valence electrons. The van der Waals surface area contributed by atoms with Crippen LogP contribution in [0, 0.1) is 0 Å². The van der Waals surface area contributed by atoms with E-state index in [0.717, 1.165) is 6.54 Å². The van der Waals surface area contributed by atoms with E-state index in [9.17, 15) is 13.2 Å². The molecule has 1 saturated carbocycles. The van der Waals surface area contributed by atoms with E-state index in [0.29, 0.717) is 18.5 Å². The van der Waals surface area contributed by atoms with Crippen molar-refractivity contribution in [2.24, 2.45) is 4.99 Å². The Morgan fingerprint density at radius 1 is 1.14 bits per heavy atom. The summed E-state index contributed by atoms with van der Waals surface area (Å²) in [7, 11) is 3.67. The lowest BCUT2D eigenvalue weighted by Gasteiger charge is -2.31. The molecule has 7 heteroatoms. The second kappa shape index (κ2) is 9.12. The lowest BCUT2D eigenvalue weighted by molar-refractivity contribution is -0.132. The minimum Gasteiger partial charge on any atom is -0.356 e. The Labute approximate surface area is 125 Å². The van der Waals surface area contributed by atoms with Gasteiger partial charge in [0.25, 0.3) is 0 Å². The highest BCUT2D eigenvalue weighted by Gasteiger charge is 2.26.